The smallest absolute Gasteiger partial charge is 0.175 e. The van der Waals surface area contributed by atoms with E-state index in [-0.39, 0.29) is 6.10 Å². The molecule has 3 heterocycles. The van der Waals surface area contributed by atoms with Gasteiger partial charge in [0.2, 0.25) is 0 Å². The summed E-state index contributed by atoms with van der Waals surface area (Å²) in [5.74, 6) is 1.88. The summed E-state index contributed by atoms with van der Waals surface area (Å²) >= 11 is 3.58. The van der Waals surface area contributed by atoms with Crippen LogP contribution in [0, 0.1) is 5.92 Å². The van der Waals surface area contributed by atoms with Crippen LogP contribution in [0.4, 0.5) is 0 Å². The first-order chi connectivity index (χ1) is 11.1. The topological polar surface area (TPSA) is 41.9 Å². The molecule has 23 heavy (non-hydrogen) atoms. The van der Waals surface area contributed by atoms with Gasteiger partial charge in [0.1, 0.15) is 0 Å². The van der Waals surface area contributed by atoms with Crippen molar-refractivity contribution in [3.8, 4) is 11.5 Å². The Morgan fingerprint density at radius 1 is 1.22 bits per heavy atom. The molecule has 5 heteroatoms. The molecule has 3 saturated heterocycles. The Labute approximate surface area is 146 Å². The molecule has 0 aromatic heterocycles. The number of benzene rings is 1. The average Bonchev–Trinajstić information content (AvgIpc) is 2.55. The van der Waals surface area contributed by atoms with Gasteiger partial charge in [-0.25, -0.2) is 0 Å². The van der Waals surface area contributed by atoms with Crippen molar-refractivity contribution < 1.29 is 14.6 Å². The third-order valence-electron chi connectivity index (χ3n) is 4.59. The predicted molar refractivity (Wildman–Crippen MR) is 94.8 cm³/mol. The molecule has 1 aromatic rings. The fourth-order valence-corrected chi connectivity index (χ4v) is 4.04. The maximum atomic E-state index is 10.5. The van der Waals surface area contributed by atoms with Crippen LogP contribution in [0.5, 0.6) is 11.5 Å². The lowest BCUT2D eigenvalue weighted by atomic mass is 9.83. The number of aliphatic hydroxyl groups excluding tert-OH is 1. The number of hydrogen-bond donors (Lipinski definition) is 1. The highest BCUT2D eigenvalue weighted by molar-refractivity contribution is 9.10. The number of nitrogens with zero attached hydrogens (tertiary/aromatic N) is 1. The van der Waals surface area contributed by atoms with E-state index in [9.17, 15) is 5.11 Å². The third kappa shape index (κ3) is 3.36. The lowest BCUT2D eigenvalue weighted by Gasteiger charge is -2.46. The summed E-state index contributed by atoms with van der Waals surface area (Å²) in [5.41, 5.74) is 2.05. The number of halogens is 1. The van der Waals surface area contributed by atoms with E-state index < -0.39 is 0 Å². The second-order valence-electron chi connectivity index (χ2n) is 6.03. The maximum Gasteiger partial charge on any atom is 0.175 e. The molecule has 0 radical (unpaired) electrons. The summed E-state index contributed by atoms with van der Waals surface area (Å²) in [6.45, 7) is 7.19. The van der Waals surface area contributed by atoms with Crippen molar-refractivity contribution in [2.45, 2.75) is 32.8 Å². The Hall–Kier alpha value is -1.20. The molecule has 1 aromatic carbocycles. The van der Waals surface area contributed by atoms with E-state index in [0.29, 0.717) is 19.1 Å². The molecule has 3 fully saturated rings. The van der Waals surface area contributed by atoms with Gasteiger partial charge in [0.05, 0.1) is 23.8 Å². The Morgan fingerprint density at radius 2 is 1.91 bits per heavy atom. The standard InChI is InChI=1S/C18H24BrNO3/c1-3-22-16-11-12(9-14(19)18(16)23-4-2)10-15-17(21)13-5-7-20(15)8-6-13/h9-11,13,17,21H,3-8H2,1-2H3/b15-10-/t17-/m0/s1. The van der Waals surface area contributed by atoms with E-state index in [4.69, 9.17) is 9.47 Å². The number of ether oxygens (including phenoxy) is 2. The van der Waals surface area contributed by atoms with Crippen LogP contribution in [-0.2, 0) is 0 Å². The zero-order valence-electron chi connectivity index (χ0n) is 13.7. The third-order valence-corrected chi connectivity index (χ3v) is 5.18. The Balaban J connectivity index is 1.95. The first kappa shape index (κ1) is 16.7. The molecule has 4 nitrogen and oxygen atoms in total. The summed E-state index contributed by atoms with van der Waals surface area (Å²) in [6.07, 6.45) is 3.92. The van der Waals surface area contributed by atoms with Gasteiger partial charge in [-0.05, 0) is 72.3 Å². The van der Waals surface area contributed by atoms with E-state index in [0.717, 1.165) is 53.2 Å². The molecule has 0 amide bonds. The molecule has 0 unspecified atom stereocenters. The van der Waals surface area contributed by atoms with Gasteiger partial charge in [-0.1, -0.05) is 0 Å². The molecule has 1 N–H and O–H groups in total. The molecule has 3 aliphatic rings. The van der Waals surface area contributed by atoms with Crippen molar-refractivity contribution in [2.24, 2.45) is 5.92 Å². The fraction of sp³-hybridized carbons (Fsp3) is 0.556. The van der Waals surface area contributed by atoms with Gasteiger partial charge in [0, 0.05) is 18.8 Å². The van der Waals surface area contributed by atoms with E-state index in [2.05, 4.69) is 26.9 Å². The first-order valence-corrected chi connectivity index (χ1v) is 9.17. The van der Waals surface area contributed by atoms with Crippen LogP contribution in [0.1, 0.15) is 32.3 Å². The fourth-order valence-electron chi connectivity index (χ4n) is 3.47. The Kier molecular flexibility index (Phi) is 5.17. The zero-order valence-corrected chi connectivity index (χ0v) is 15.3. The van der Waals surface area contributed by atoms with E-state index in [1.165, 1.54) is 0 Å². The van der Waals surface area contributed by atoms with Crippen molar-refractivity contribution in [1.82, 2.24) is 4.90 Å². The van der Waals surface area contributed by atoms with Gasteiger partial charge in [-0.3, -0.25) is 0 Å². The van der Waals surface area contributed by atoms with Crippen molar-refractivity contribution >= 4 is 22.0 Å². The van der Waals surface area contributed by atoms with Gasteiger partial charge < -0.3 is 19.5 Å². The maximum absolute atomic E-state index is 10.5. The van der Waals surface area contributed by atoms with Crippen LogP contribution in [0.15, 0.2) is 22.3 Å². The summed E-state index contributed by atoms with van der Waals surface area (Å²) < 4.78 is 12.3. The lowest BCUT2D eigenvalue weighted by molar-refractivity contribution is 0.0215. The first-order valence-electron chi connectivity index (χ1n) is 8.37. The Morgan fingerprint density at radius 3 is 2.52 bits per heavy atom. The molecular weight excluding hydrogens is 358 g/mol. The number of hydrogen-bond acceptors (Lipinski definition) is 4. The van der Waals surface area contributed by atoms with E-state index in [1.807, 2.05) is 26.0 Å². The SMILES string of the molecule is CCOc1cc(/C=C2/[C@@H](O)C3CCN2CC3)cc(Br)c1OCC. The summed E-state index contributed by atoms with van der Waals surface area (Å²) in [5, 5.41) is 10.5. The molecule has 0 aliphatic carbocycles. The lowest BCUT2D eigenvalue weighted by Crippen LogP contribution is -2.48. The minimum Gasteiger partial charge on any atom is -0.490 e. The van der Waals surface area contributed by atoms with Crippen LogP contribution in [0.25, 0.3) is 6.08 Å². The number of rotatable bonds is 5. The van der Waals surface area contributed by atoms with Gasteiger partial charge in [0.25, 0.3) is 0 Å². The summed E-state index contributed by atoms with van der Waals surface area (Å²) in [7, 11) is 0. The Bertz CT molecular complexity index is 590. The molecule has 2 bridgehead atoms. The second kappa shape index (κ2) is 7.14. The van der Waals surface area contributed by atoms with E-state index >= 15 is 0 Å². The molecule has 1 atom stereocenters. The summed E-state index contributed by atoms with van der Waals surface area (Å²) in [4.78, 5) is 2.30. The second-order valence-corrected chi connectivity index (χ2v) is 6.89. The van der Waals surface area contributed by atoms with Crippen molar-refractivity contribution in [1.29, 1.82) is 0 Å². The van der Waals surface area contributed by atoms with Gasteiger partial charge in [0.15, 0.2) is 11.5 Å². The van der Waals surface area contributed by atoms with Crippen LogP contribution < -0.4 is 9.47 Å². The number of aliphatic hydroxyl groups is 1. The molecule has 0 saturated carbocycles. The van der Waals surface area contributed by atoms with Crippen LogP contribution in [-0.4, -0.2) is 42.4 Å². The number of fused-ring (bicyclic) bond motifs is 3. The minimum absolute atomic E-state index is 0.349. The van der Waals surface area contributed by atoms with Crippen molar-refractivity contribution in [3.63, 3.8) is 0 Å². The summed E-state index contributed by atoms with van der Waals surface area (Å²) in [6, 6.07) is 4.01. The van der Waals surface area contributed by atoms with Gasteiger partial charge in [-0.15, -0.1) is 0 Å². The molecule has 4 rings (SSSR count). The minimum atomic E-state index is -0.349. The highest BCUT2D eigenvalue weighted by atomic mass is 79.9. The molecular formula is C18H24BrNO3. The van der Waals surface area contributed by atoms with Crippen LogP contribution in [0.2, 0.25) is 0 Å². The predicted octanol–water partition coefficient (Wildman–Crippen LogP) is 3.67. The van der Waals surface area contributed by atoms with Gasteiger partial charge in [-0.2, -0.15) is 0 Å². The quantitative estimate of drug-likeness (QED) is 0.844. The molecule has 126 valence electrons. The van der Waals surface area contributed by atoms with Crippen molar-refractivity contribution in [2.75, 3.05) is 26.3 Å². The van der Waals surface area contributed by atoms with Gasteiger partial charge >= 0.3 is 0 Å². The zero-order chi connectivity index (χ0) is 16.4. The normalized spacial score (nSPS) is 25.0. The largest absolute Gasteiger partial charge is 0.490 e. The molecule has 3 aliphatic heterocycles. The van der Waals surface area contributed by atoms with Crippen LogP contribution in [0.3, 0.4) is 0 Å². The highest BCUT2D eigenvalue weighted by Crippen LogP contribution is 2.39. The van der Waals surface area contributed by atoms with E-state index in [1.54, 1.807) is 0 Å². The monoisotopic (exact) mass is 381 g/mol. The highest BCUT2D eigenvalue weighted by Gasteiger charge is 2.36. The molecule has 0 spiro atoms. The van der Waals surface area contributed by atoms with Crippen LogP contribution >= 0.6 is 15.9 Å². The van der Waals surface area contributed by atoms with Crippen molar-refractivity contribution in [3.05, 3.63) is 27.9 Å². The number of piperidine rings is 3. The average molecular weight is 382 g/mol.